The van der Waals surface area contributed by atoms with Gasteiger partial charge in [0.2, 0.25) is 5.75 Å². The van der Waals surface area contributed by atoms with Gasteiger partial charge in [0.05, 0.1) is 33.5 Å². The van der Waals surface area contributed by atoms with Crippen molar-refractivity contribution in [1.82, 2.24) is 0 Å². The van der Waals surface area contributed by atoms with Crippen molar-refractivity contribution in [2.45, 2.75) is 13.3 Å². The zero-order valence-corrected chi connectivity index (χ0v) is 21.6. The molecule has 1 N–H and O–H groups in total. The van der Waals surface area contributed by atoms with Gasteiger partial charge < -0.3 is 24.3 Å². The van der Waals surface area contributed by atoms with Gasteiger partial charge in [0.1, 0.15) is 5.76 Å². The lowest BCUT2D eigenvalue weighted by Gasteiger charge is -2.13. The molecule has 0 radical (unpaired) electrons. The predicted octanol–water partition coefficient (Wildman–Crippen LogP) is 6.48. The number of hydrogen-bond acceptors (Lipinski definition) is 6. The highest BCUT2D eigenvalue weighted by molar-refractivity contribution is 6.29. The Labute approximate surface area is 212 Å². The molecule has 2 aromatic rings. The molecule has 0 saturated heterocycles. The Morgan fingerprint density at radius 3 is 2.23 bits per heavy atom. The lowest BCUT2D eigenvalue weighted by molar-refractivity contribution is -0.115. The number of anilines is 1. The third-order valence-electron chi connectivity index (χ3n) is 5.12. The fraction of sp³-hybridized carbons (Fsp3) is 0.250. The topological polar surface area (TPSA) is 66.0 Å². The zero-order chi connectivity index (χ0) is 25.8. The Hall–Kier alpha value is -3.64. The number of para-hydroxylation sites is 1. The summed E-state index contributed by atoms with van der Waals surface area (Å²) in [6.07, 6.45) is 7.49. The van der Waals surface area contributed by atoms with E-state index in [9.17, 15) is 4.79 Å². The molecule has 0 spiro atoms. The van der Waals surface area contributed by atoms with Crippen molar-refractivity contribution in [1.29, 1.82) is 0 Å². The smallest absolute Gasteiger partial charge is 0.203 e. The van der Waals surface area contributed by atoms with Crippen LogP contribution in [0.3, 0.4) is 0 Å². The third-order valence-corrected chi connectivity index (χ3v) is 5.31. The minimum absolute atomic E-state index is 0.0677. The van der Waals surface area contributed by atoms with Crippen LogP contribution in [0.1, 0.15) is 24.5 Å². The number of carbonyl (C=O) groups is 1. The molecule has 35 heavy (non-hydrogen) atoms. The number of carbonyl (C=O) groups excluding carboxylic acids is 1. The molecule has 0 saturated carbocycles. The summed E-state index contributed by atoms with van der Waals surface area (Å²) in [4.78, 5) is 12.4. The summed E-state index contributed by atoms with van der Waals surface area (Å²) in [6, 6.07) is 11.6. The molecule has 0 heterocycles. The quantitative estimate of drug-likeness (QED) is 0.148. The molecular formula is C28H32ClNO5. The van der Waals surface area contributed by atoms with Gasteiger partial charge in [-0.05, 0) is 48.4 Å². The van der Waals surface area contributed by atoms with E-state index in [0.29, 0.717) is 46.6 Å². The zero-order valence-electron chi connectivity index (χ0n) is 20.8. The summed E-state index contributed by atoms with van der Waals surface area (Å²) in [5.74, 6) is 2.14. The number of methoxy groups -OCH3 is 4. The average molecular weight is 498 g/mol. The van der Waals surface area contributed by atoms with Crippen LogP contribution in [0.5, 0.6) is 17.2 Å². The minimum Gasteiger partial charge on any atom is -0.496 e. The van der Waals surface area contributed by atoms with Crippen LogP contribution in [-0.4, -0.2) is 40.8 Å². The van der Waals surface area contributed by atoms with Gasteiger partial charge in [-0.1, -0.05) is 48.5 Å². The van der Waals surface area contributed by atoms with Gasteiger partial charge in [0.15, 0.2) is 17.3 Å². The lowest BCUT2D eigenvalue weighted by Crippen LogP contribution is -2.10. The fourth-order valence-corrected chi connectivity index (χ4v) is 3.39. The number of nitrogens with one attached hydrogen (secondary N) is 1. The molecule has 2 rings (SSSR count). The van der Waals surface area contributed by atoms with Crippen LogP contribution in [0, 0.1) is 0 Å². The minimum atomic E-state index is -0.0677. The number of hydrogen-bond donors (Lipinski definition) is 1. The number of ketones is 1. The lowest BCUT2D eigenvalue weighted by atomic mass is 10.1. The van der Waals surface area contributed by atoms with Crippen LogP contribution in [0.15, 0.2) is 71.5 Å². The van der Waals surface area contributed by atoms with Crippen LogP contribution in [0.4, 0.5) is 5.69 Å². The van der Waals surface area contributed by atoms with Gasteiger partial charge in [-0.3, -0.25) is 4.79 Å². The summed E-state index contributed by atoms with van der Waals surface area (Å²) in [5, 5.41) is 3.83. The number of benzene rings is 2. The van der Waals surface area contributed by atoms with E-state index in [0.717, 1.165) is 16.8 Å². The van der Waals surface area contributed by atoms with Crippen molar-refractivity contribution >= 4 is 35.2 Å². The highest BCUT2D eigenvalue weighted by Gasteiger charge is 2.12. The highest BCUT2D eigenvalue weighted by Crippen LogP contribution is 2.38. The molecule has 0 aliphatic carbocycles. The van der Waals surface area contributed by atoms with E-state index in [-0.39, 0.29) is 5.78 Å². The second-order valence-electron chi connectivity index (χ2n) is 7.44. The number of rotatable bonds is 13. The summed E-state index contributed by atoms with van der Waals surface area (Å²) >= 11 is 5.94. The fourth-order valence-electron chi connectivity index (χ4n) is 3.25. The van der Waals surface area contributed by atoms with E-state index in [1.165, 1.54) is 7.11 Å². The van der Waals surface area contributed by atoms with Crippen molar-refractivity contribution in [3.8, 4) is 17.2 Å². The average Bonchev–Trinajstić information content (AvgIpc) is 2.87. The molecule has 0 bridgehead atoms. The van der Waals surface area contributed by atoms with Crippen LogP contribution in [0.2, 0.25) is 0 Å². The van der Waals surface area contributed by atoms with Gasteiger partial charge in [-0.15, -0.1) is 0 Å². The van der Waals surface area contributed by atoms with Gasteiger partial charge in [-0.25, -0.2) is 0 Å². The van der Waals surface area contributed by atoms with Crippen LogP contribution in [0.25, 0.3) is 12.2 Å². The second kappa shape index (κ2) is 13.9. The van der Waals surface area contributed by atoms with Crippen molar-refractivity contribution in [3.63, 3.8) is 0 Å². The maximum absolute atomic E-state index is 12.4. The van der Waals surface area contributed by atoms with E-state index in [2.05, 4.69) is 11.9 Å². The Bertz CT molecular complexity index is 1100. The van der Waals surface area contributed by atoms with Crippen LogP contribution < -0.4 is 19.5 Å². The first-order valence-corrected chi connectivity index (χ1v) is 11.3. The van der Waals surface area contributed by atoms with Gasteiger partial charge in [0, 0.05) is 24.2 Å². The summed E-state index contributed by atoms with van der Waals surface area (Å²) < 4.78 is 21.4. The molecule has 0 unspecified atom stereocenters. The first-order valence-electron chi connectivity index (χ1n) is 11.0. The highest BCUT2D eigenvalue weighted by atomic mass is 35.5. The molecule has 0 atom stereocenters. The monoisotopic (exact) mass is 497 g/mol. The second-order valence-corrected chi connectivity index (χ2v) is 8.01. The van der Waals surface area contributed by atoms with E-state index in [1.807, 2.05) is 48.6 Å². The molecule has 2 aromatic carbocycles. The number of allylic oxidation sites excluding steroid dienone is 4. The molecule has 7 heteroatoms. The maximum Gasteiger partial charge on any atom is 0.203 e. The van der Waals surface area contributed by atoms with Crippen molar-refractivity contribution in [2.75, 3.05) is 40.3 Å². The predicted molar refractivity (Wildman–Crippen MR) is 143 cm³/mol. The van der Waals surface area contributed by atoms with Gasteiger partial charge >= 0.3 is 0 Å². The number of Topliss-reactive ketones (excluding diaryl/α,β-unsaturated/α-hetero) is 1. The Morgan fingerprint density at radius 1 is 1.00 bits per heavy atom. The number of ether oxygens (including phenoxy) is 4. The summed E-state index contributed by atoms with van der Waals surface area (Å²) in [6.45, 7) is 6.02. The van der Waals surface area contributed by atoms with Crippen molar-refractivity contribution < 1.29 is 23.7 Å². The molecule has 186 valence electrons. The normalized spacial score (nSPS) is 11.8. The van der Waals surface area contributed by atoms with Gasteiger partial charge in [-0.2, -0.15) is 0 Å². The molecule has 0 fully saturated rings. The maximum atomic E-state index is 12.4. The van der Waals surface area contributed by atoms with Crippen molar-refractivity contribution in [2.24, 2.45) is 0 Å². The molecule has 0 aliphatic rings. The molecule has 0 amide bonds. The molecule has 6 nitrogen and oxygen atoms in total. The Balaban J connectivity index is 2.08. The SMILES string of the molecule is C=C(/C=C\C(OC)=C(/C)Cl)C(=O)CCNc1ccccc1/C=C\c1cc(OC)c(OC)c(OC)c1. The van der Waals surface area contributed by atoms with E-state index >= 15 is 0 Å². The largest absolute Gasteiger partial charge is 0.496 e. The standard InChI is InChI=1S/C28H32ClNO5/c1-19(11-14-25(32-3)20(2)29)24(31)15-16-30-23-10-8-7-9-22(23)13-12-21-17-26(33-4)28(35-6)27(18-21)34-5/h7-14,17-18,30H,1,15-16H2,2-6H3/b13-12-,14-11-,25-20-. The van der Waals surface area contributed by atoms with E-state index in [1.54, 1.807) is 40.4 Å². The Morgan fingerprint density at radius 2 is 1.66 bits per heavy atom. The molecule has 0 aliphatic heterocycles. The molecular weight excluding hydrogens is 466 g/mol. The van der Waals surface area contributed by atoms with E-state index < -0.39 is 0 Å². The number of halogens is 1. The first kappa shape index (κ1) is 27.6. The van der Waals surface area contributed by atoms with Crippen LogP contribution >= 0.6 is 11.6 Å². The summed E-state index contributed by atoms with van der Waals surface area (Å²) in [5.41, 5.74) is 3.16. The third kappa shape index (κ3) is 7.97. The van der Waals surface area contributed by atoms with Gasteiger partial charge in [0.25, 0.3) is 0 Å². The van der Waals surface area contributed by atoms with E-state index in [4.69, 9.17) is 30.5 Å². The molecule has 0 aromatic heterocycles. The van der Waals surface area contributed by atoms with Crippen LogP contribution in [-0.2, 0) is 9.53 Å². The summed E-state index contributed by atoms with van der Waals surface area (Å²) in [7, 11) is 6.26. The first-order chi connectivity index (χ1) is 16.8. The Kier molecular flexibility index (Phi) is 11.0. The van der Waals surface area contributed by atoms with Crippen molar-refractivity contribution in [3.05, 3.63) is 82.6 Å².